The molecule has 0 N–H and O–H groups in total. The number of ether oxygens (including phenoxy) is 1. The van der Waals surface area contributed by atoms with Crippen molar-refractivity contribution in [3.63, 3.8) is 0 Å². The van der Waals surface area contributed by atoms with Crippen molar-refractivity contribution in [1.82, 2.24) is 0 Å². The Morgan fingerprint density at radius 3 is 3.14 bits per heavy atom. The highest BCUT2D eigenvalue weighted by molar-refractivity contribution is 6.30. The minimum atomic E-state index is -0.617. The maximum atomic E-state index is 13.5. The van der Waals surface area contributed by atoms with Gasteiger partial charge in [0.2, 0.25) is 0 Å². The normalized spacial score (nSPS) is 18.3. The van der Waals surface area contributed by atoms with Gasteiger partial charge in [0.1, 0.15) is 24.2 Å². The Morgan fingerprint density at radius 1 is 1.64 bits per heavy atom. The van der Waals surface area contributed by atoms with Crippen molar-refractivity contribution >= 4 is 11.6 Å². The number of nitrogens with zero attached hydrogens (tertiary/aromatic N) is 3. The van der Waals surface area contributed by atoms with Crippen LogP contribution in [0, 0.1) is 5.82 Å². The van der Waals surface area contributed by atoms with E-state index in [2.05, 4.69) is 10.0 Å². The molecule has 0 radical (unpaired) electrons. The first-order chi connectivity index (χ1) is 6.74. The molecule has 1 aromatic rings. The molecular weight excluding hydrogens is 209 g/mol. The summed E-state index contributed by atoms with van der Waals surface area (Å²) in [5.41, 5.74) is 8.51. The molecule has 0 saturated carbocycles. The molecule has 1 atom stereocenters. The van der Waals surface area contributed by atoms with Crippen LogP contribution in [0.3, 0.4) is 0 Å². The zero-order chi connectivity index (χ0) is 10.1. The van der Waals surface area contributed by atoms with Crippen LogP contribution in [0.25, 0.3) is 10.4 Å². The lowest BCUT2D eigenvalue weighted by Crippen LogP contribution is -1.97. The molecule has 0 bridgehead atoms. The Kier molecular flexibility index (Phi) is 2.19. The number of benzene rings is 1. The number of fused-ring (bicyclic) bond motifs is 1. The summed E-state index contributed by atoms with van der Waals surface area (Å²) in [4.78, 5) is 2.62. The third kappa shape index (κ3) is 1.27. The highest BCUT2D eigenvalue weighted by Crippen LogP contribution is 2.39. The summed E-state index contributed by atoms with van der Waals surface area (Å²) in [6, 6.07) is 2.36. The molecular formula is C8H5ClFN3O. The Balaban J connectivity index is 2.57. The smallest absolute Gasteiger partial charge is 0.149 e. The number of hydrogen-bond donors (Lipinski definition) is 0. The van der Waals surface area contributed by atoms with Gasteiger partial charge in [0.15, 0.2) is 0 Å². The molecule has 4 nitrogen and oxygen atoms in total. The Hall–Kier alpha value is -1.45. The van der Waals surface area contributed by atoms with Crippen molar-refractivity contribution < 1.29 is 9.13 Å². The van der Waals surface area contributed by atoms with E-state index in [0.29, 0.717) is 5.75 Å². The van der Waals surface area contributed by atoms with E-state index in [1.54, 1.807) is 6.07 Å². The molecule has 14 heavy (non-hydrogen) atoms. The quantitative estimate of drug-likeness (QED) is 0.401. The molecule has 0 aromatic heterocycles. The summed E-state index contributed by atoms with van der Waals surface area (Å²) < 4.78 is 18.6. The van der Waals surface area contributed by atoms with Crippen LogP contribution in [0.15, 0.2) is 17.2 Å². The molecule has 1 aromatic carbocycles. The average Bonchev–Trinajstić information content (AvgIpc) is 2.57. The summed E-state index contributed by atoms with van der Waals surface area (Å²) >= 11 is 5.59. The molecule has 0 amide bonds. The van der Waals surface area contributed by atoms with E-state index < -0.39 is 11.9 Å². The number of hydrogen-bond acceptors (Lipinski definition) is 2. The average molecular weight is 214 g/mol. The van der Waals surface area contributed by atoms with Crippen molar-refractivity contribution in [2.24, 2.45) is 5.11 Å². The monoisotopic (exact) mass is 213 g/mol. The van der Waals surface area contributed by atoms with Gasteiger partial charge in [0.05, 0.1) is 5.02 Å². The molecule has 6 heteroatoms. The van der Waals surface area contributed by atoms with Gasteiger partial charge < -0.3 is 4.74 Å². The summed E-state index contributed by atoms with van der Waals surface area (Å²) in [7, 11) is 0. The van der Waals surface area contributed by atoms with Crippen LogP contribution < -0.4 is 4.74 Å². The van der Waals surface area contributed by atoms with Crippen molar-refractivity contribution in [2.45, 2.75) is 6.04 Å². The second-order valence-electron chi connectivity index (χ2n) is 2.80. The topological polar surface area (TPSA) is 58.0 Å². The van der Waals surface area contributed by atoms with Crippen LogP contribution in [0.5, 0.6) is 5.75 Å². The Morgan fingerprint density at radius 2 is 2.43 bits per heavy atom. The third-order valence-corrected chi connectivity index (χ3v) is 2.31. The van der Waals surface area contributed by atoms with E-state index in [1.807, 2.05) is 0 Å². The summed E-state index contributed by atoms with van der Waals surface area (Å²) in [5, 5.41) is 3.43. The van der Waals surface area contributed by atoms with Gasteiger partial charge in [-0.1, -0.05) is 16.7 Å². The first-order valence-electron chi connectivity index (χ1n) is 3.89. The van der Waals surface area contributed by atoms with Crippen LogP contribution in [-0.4, -0.2) is 6.61 Å². The van der Waals surface area contributed by atoms with Gasteiger partial charge in [-0.3, -0.25) is 0 Å². The lowest BCUT2D eigenvalue weighted by Gasteiger charge is -2.02. The van der Waals surface area contributed by atoms with E-state index in [0.717, 1.165) is 0 Å². The first-order valence-corrected chi connectivity index (χ1v) is 4.26. The van der Waals surface area contributed by atoms with Crippen molar-refractivity contribution in [3.8, 4) is 5.75 Å². The number of azide groups is 1. The minimum absolute atomic E-state index is 0.00684. The Bertz CT molecular complexity index is 431. The van der Waals surface area contributed by atoms with Crippen molar-refractivity contribution in [3.05, 3.63) is 39.0 Å². The van der Waals surface area contributed by atoms with E-state index in [9.17, 15) is 4.39 Å². The minimum Gasteiger partial charge on any atom is -0.492 e. The molecule has 0 aliphatic carbocycles. The largest absolute Gasteiger partial charge is 0.492 e. The van der Waals surface area contributed by atoms with Crippen LogP contribution in [0.4, 0.5) is 4.39 Å². The summed E-state index contributed by atoms with van der Waals surface area (Å²) in [6.07, 6.45) is 0. The second-order valence-corrected chi connectivity index (χ2v) is 3.21. The molecule has 1 heterocycles. The van der Waals surface area contributed by atoms with Gasteiger partial charge in [0.25, 0.3) is 0 Å². The van der Waals surface area contributed by atoms with Crippen molar-refractivity contribution in [1.29, 1.82) is 0 Å². The first kappa shape index (κ1) is 9.12. The van der Waals surface area contributed by atoms with Crippen LogP contribution in [0.1, 0.15) is 11.6 Å². The SMILES string of the molecule is [N-]=[N+]=NC1COc2ccc(Cl)c(F)c21. The zero-order valence-electron chi connectivity index (χ0n) is 6.94. The van der Waals surface area contributed by atoms with Gasteiger partial charge >= 0.3 is 0 Å². The second kappa shape index (κ2) is 3.36. The van der Waals surface area contributed by atoms with E-state index in [4.69, 9.17) is 21.9 Å². The van der Waals surface area contributed by atoms with Crippen molar-refractivity contribution in [2.75, 3.05) is 6.61 Å². The van der Waals surface area contributed by atoms with Crippen LogP contribution >= 0.6 is 11.6 Å². The molecule has 0 spiro atoms. The maximum absolute atomic E-state index is 13.5. The number of rotatable bonds is 1. The lowest BCUT2D eigenvalue weighted by molar-refractivity contribution is 0.333. The zero-order valence-corrected chi connectivity index (χ0v) is 7.70. The molecule has 1 unspecified atom stereocenters. The fourth-order valence-corrected chi connectivity index (χ4v) is 1.56. The Labute approximate surface area is 83.9 Å². The van der Waals surface area contributed by atoms with E-state index in [-0.39, 0.29) is 17.2 Å². The third-order valence-electron chi connectivity index (χ3n) is 2.01. The summed E-state index contributed by atoms with van der Waals surface area (Å²) in [6.45, 7) is 0.163. The van der Waals surface area contributed by atoms with Gasteiger partial charge in [-0.05, 0) is 17.7 Å². The highest BCUT2D eigenvalue weighted by atomic mass is 35.5. The maximum Gasteiger partial charge on any atom is 0.149 e. The van der Waals surface area contributed by atoms with E-state index in [1.165, 1.54) is 6.07 Å². The molecule has 0 fully saturated rings. The molecule has 2 rings (SSSR count). The van der Waals surface area contributed by atoms with Crippen LogP contribution in [0.2, 0.25) is 5.02 Å². The summed E-state index contributed by atoms with van der Waals surface area (Å²) in [5.74, 6) is -0.177. The fraction of sp³-hybridized carbons (Fsp3) is 0.250. The number of halogens is 2. The fourth-order valence-electron chi connectivity index (χ4n) is 1.39. The van der Waals surface area contributed by atoms with Crippen LogP contribution in [-0.2, 0) is 0 Å². The predicted octanol–water partition coefficient (Wildman–Crippen LogP) is 3.22. The predicted molar refractivity (Wildman–Crippen MR) is 48.8 cm³/mol. The standard InChI is InChI=1S/C8H5ClFN3O/c9-4-1-2-6-7(8(4)10)5(3-14-6)12-13-11/h1-2,5H,3H2. The molecule has 1 aliphatic rings. The van der Waals surface area contributed by atoms with Gasteiger partial charge in [-0.2, -0.15) is 0 Å². The molecule has 0 saturated heterocycles. The van der Waals surface area contributed by atoms with Gasteiger partial charge in [-0.15, -0.1) is 0 Å². The molecule has 1 aliphatic heterocycles. The lowest BCUT2D eigenvalue weighted by atomic mass is 10.1. The van der Waals surface area contributed by atoms with E-state index >= 15 is 0 Å². The molecule has 72 valence electrons. The van der Waals surface area contributed by atoms with Gasteiger partial charge in [0, 0.05) is 10.5 Å². The van der Waals surface area contributed by atoms with Gasteiger partial charge in [-0.25, -0.2) is 4.39 Å². The highest BCUT2D eigenvalue weighted by Gasteiger charge is 2.28.